The van der Waals surface area contributed by atoms with Gasteiger partial charge in [-0.05, 0) is 0 Å². The summed E-state index contributed by atoms with van der Waals surface area (Å²) in [5.74, 6) is 0. The first kappa shape index (κ1) is 44.2. The first-order chi connectivity index (χ1) is 16.4. The van der Waals surface area contributed by atoms with Crippen molar-refractivity contribution in [1.82, 2.24) is 0 Å². The molecule has 0 radical (unpaired) electrons. The third-order valence-electron chi connectivity index (χ3n) is 4.72. The molecule has 8 nitrogen and oxygen atoms in total. The molecule has 0 aliphatic carbocycles. The van der Waals surface area contributed by atoms with Gasteiger partial charge in [0.25, 0.3) is 0 Å². The van der Waals surface area contributed by atoms with Crippen molar-refractivity contribution in [2.45, 2.75) is 0 Å². The molecule has 3 aliphatic heterocycles. The van der Waals surface area contributed by atoms with Crippen LogP contribution in [0.15, 0.2) is 0 Å². The monoisotopic (exact) mass is 946 g/mol. The van der Waals surface area contributed by atoms with Crippen molar-refractivity contribution in [3.05, 3.63) is 0 Å². The van der Waals surface area contributed by atoms with Gasteiger partial charge in [0.2, 0.25) is 0 Å². The number of hydrogen-bond donors (Lipinski definition) is 2. The van der Waals surface area contributed by atoms with Crippen LogP contribution >= 0.6 is 68.6 Å². The van der Waals surface area contributed by atoms with E-state index in [4.69, 9.17) is 68.8 Å². The SMILES string of the molecule is C1COCC[NH+]2CCOCCOCC[NH+](CCO1)CCOCCOCC2.[Br-].[Br-].[Cl][Fe]([Cl])[Br].[Cl][Fe]([Cl])[Br]. The molecule has 3 fully saturated rings. The zero-order valence-electron chi connectivity index (χ0n) is 19.9. The van der Waals surface area contributed by atoms with Gasteiger partial charge in [0.1, 0.15) is 39.3 Å². The van der Waals surface area contributed by atoms with Crippen molar-refractivity contribution in [3.8, 4) is 0 Å². The Morgan fingerprint density at radius 1 is 0.389 bits per heavy atom. The van der Waals surface area contributed by atoms with Crippen molar-refractivity contribution in [1.29, 1.82) is 0 Å². The molecule has 2 bridgehead atoms. The molecule has 2 N–H and O–H groups in total. The molecule has 3 saturated heterocycles. The maximum atomic E-state index is 5.73. The van der Waals surface area contributed by atoms with E-state index < -0.39 is 20.5 Å². The van der Waals surface area contributed by atoms with Gasteiger partial charge >= 0.3 is 89.2 Å². The minimum absolute atomic E-state index is 0. The molecule has 0 aromatic rings. The number of hydrogen-bond acceptors (Lipinski definition) is 6. The Balaban J connectivity index is -0.000000953. The fourth-order valence-corrected chi connectivity index (χ4v) is 3.01. The summed E-state index contributed by atoms with van der Waals surface area (Å²) in [5.41, 5.74) is 0. The number of quaternary nitrogens is 2. The molecule has 3 heterocycles. The standard InChI is InChI=1S/C18H36N2O6.4BrH.4ClH.2Fe/c1-7-21-13-14-24-10-4-20-5-11-25-17-15-22-8-2-19(1)3-9-23-16-18-26-12-6-20;;;;;;;;;;/h1-18H2;8*1H;;/q;;;;;;;;;2*+3/p-6. The van der Waals surface area contributed by atoms with Gasteiger partial charge in [0.05, 0.1) is 79.3 Å². The Morgan fingerprint density at radius 2 is 0.528 bits per heavy atom. The summed E-state index contributed by atoms with van der Waals surface area (Å²) in [6.45, 7) is 14.1. The topological polar surface area (TPSA) is 64.3 Å². The summed E-state index contributed by atoms with van der Waals surface area (Å²) >= 11 is 5.77. The van der Waals surface area contributed by atoms with Crippen LogP contribution in [0.2, 0.25) is 0 Å². The molecule has 0 unspecified atom stereocenters. The normalized spacial score (nSPS) is 24.5. The van der Waals surface area contributed by atoms with Crippen LogP contribution in [0.4, 0.5) is 0 Å². The van der Waals surface area contributed by atoms with Gasteiger partial charge in [0, 0.05) is 0 Å². The predicted molar refractivity (Wildman–Crippen MR) is 137 cm³/mol. The van der Waals surface area contributed by atoms with Crippen LogP contribution in [0.3, 0.4) is 0 Å². The van der Waals surface area contributed by atoms with Crippen LogP contribution in [0, 0.1) is 0 Å². The molecule has 228 valence electrons. The Hall–Kier alpha value is 3.80. The molecule has 0 atom stereocenters. The second-order valence-electron chi connectivity index (χ2n) is 6.98. The van der Waals surface area contributed by atoms with E-state index in [-0.39, 0.29) is 34.0 Å². The average molecular weight is 952 g/mol. The Bertz CT molecular complexity index is 355. The fourth-order valence-electron chi connectivity index (χ4n) is 3.01. The van der Waals surface area contributed by atoms with Gasteiger partial charge in [-0.15, -0.1) is 0 Å². The average Bonchev–Trinajstić information content (AvgIpc) is 2.76. The molecule has 0 aromatic heterocycles. The van der Waals surface area contributed by atoms with E-state index in [1.807, 2.05) is 0 Å². The van der Waals surface area contributed by atoms with Gasteiger partial charge in [-0.25, -0.2) is 0 Å². The Labute approximate surface area is 276 Å². The van der Waals surface area contributed by atoms with Gasteiger partial charge in [0.15, 0.2) is 0 Å². The van der Waals surface area contributed by atoms with Gasteiger partial charge in [-0.2, -0.15) is 0 Å². The summed E-state index contributed by atoms with van der Waals surface area (Å²) in [5, 5.41) is 0. The fraction of sp³-hybridized carbons (Fsp3) is 1.00. The van der Waals surface area contributed by atoms with E-state index in [9.17, 15) is 0 Å². The first-order valence-electron chi connectivity index (χ1n) is 10.9. The summed E-state index contributed by atoms with van der Waals surface area (Å²) in [6.07, 6.45) is 0. The molecule has 0 saturated carbocycles. The number of halogens is 8. The zero-order valence-corrected chi connectivity index (χ0v) is 31.5. The second-order valence-corrected chi connectivity index (χ2v) is 23.4. The molecule has 18 heteroatoms. The predicted octanol–water partition coefficient (Wildman–Crippen LogP) is -4.66. The van der Waals surface area contributed by atoms with Crippen LogP contribution in [-0.2, 0) is 49.0 Å². The van der Waals surface area contributed by atoms with Crippen molar-refractivity contribution in [2.24, 2.45) is 0 Å². The van der Waals surface area contributed by atoms with E-state index in [0.29, 0.717) is 39.6 Å². The summed E-state index contributed by atoms with van der Waals surface area (Å²) < 4.78 is 34.4. The van der Waals surface area contributed by atoms with Crippen LogP contribution in [-0.4, -0.2) is 119 Å². The number of nitrogens with one attached hydrogen (secondary N) is 2. The van der Waals surface area contributed by atoms with Crippen LogP contribution < -0.4 is 43.8 Å². The van der Waals surface area contributed by atoms with E-state index >= 15 is 0 Å². The van der Waals surface area contributed by atoms with Gasteiger partial charge in [-0.3, -0.25) is 0 Å². The van der Waals surface area contributed by atoms with Crippen LogP contribution in [0.5, 0.6) is 0 Å². The second kappa shape index (κ2) is 35.0. The summed E-state index contributed by atoms with van der Waals surface area (Å²) in [6, 6.07) is 0. The molecular weight excluding hydrogens is 913 g/mol. The number of ether oxygens (including phenoxy) is 6. The molecule has 0 spiro atoms. The van der Waals surface area contributed by atoms with Crippen molar-refractivity contribution >= 4 is 68.6 Å². The van der Waals surface area contributed by atoms with E-state index in [2.05, 4.69) is 28.2 Å². The quantitative estimate of drug-likeness (QED) is 0.239. The molecular formula is C18H38Br4Cl4Fe2N2O6. The number of fused-ring (bicyclic) bond motifs is 21. The van der Waals surface area contributed by atoms with Crippen LogP contribution in [0.1, 0.15) is 0 Å². The van der Waals surface area contributed by atoms with Gasteiger partial charge < -0.3 is 72.2 Å². The zero-order chi connectivity index (χ0) is 25.3. The minimum atomic E-state index is -0.993. The third kappa shape index (κ3) is 37.8. The molecule has 36 heavy (non-hydrogen) atoms. The first-order valence-corrected chi connectivity index (χ1v) is 22.4. The van der Waals surface area contributed by atoms with E-state index in [1.54, 1.807) is 0 Å². The molecule has 0 aromatic carbocycles. The summed E-state index contributed by atoms with van der Waals surface area (Å²) in [7, 11) is 18.2. The van der Waals surface area contributed by atoms with E-state index in [1.165, 1.54) is 9.80 Å². The number of rotatable bonds is 0. The van der Waals surface area contributed by atoms with Crippen molar-refractivity contribution in [3.63, 3.8) is 0 Å². The maximum absolute atomic E-state index is 5.73. The van der Waals surface area contributed by atoms with E-state index in [0.717, 1.165) is 78.9 Å². The third-order valence-corrected chi connectivity index (χ3v) is 4.72. The van der Waals surface area contributed by atoms with Crippen LogP contribution in [0.25, 0.3) is 0 Å². The Kier molecular flexibility index (Phi) is 43.0. The summed E-state index contributed by atoms with van der Waals surface area (Å²) in [4.78, 5) is 2.88. The Morgan fingerprint density at radius 3 is 0.667 bits per heavy atom. The van der Waals surface area contributed by atoms with Crippen molar-refractivity contribution in [2.75, 3.05) is 119 Å². The molecule has 3 rings (SSSR count). The molecule has 3 aliphatic rings. The van der Waals surface area contributed by atoms with Crippen molar-refractivity contribution < 1.29 is 92.7 Å². The van der Waals surface area contributed by atoms with Gasteiger partial charge in [-0.1, -0.05) is 0 Å². The molecule has 0 amide bonds.